The Labute approximate surface area is 136 Å². The molecule has 1 aromatic carbocycles. The highest BCUT2D eigenvalue weighted by Gasteiger charge is 2.70. The number of methoxy groups -OCH3 is 1. The summed E-state index contributed by atoms with van der Waals surface area (Å²) < 4.78 is 10.5. The Hall–Kier alpha value is -2.04. The molecule has 23 heavy (non-hydrogen) atoms. The van der Waals surface area contributed by atoms with Crippen LogP contribution in [0.2, 0.25) is 0 Å². The molecule has 2 fully saturated rings. The van der Waals surface area contributed by atoms with Gasteiger partial charge >= 0.3 is 12.1 Å². The van der Waals surface area contributed by atoms with Crippen molar-refractivity contribution in [2.24, 2.45) is 5.92 Å². The molecule has 2 aliphatic rings. The molecule has 3 atom stereocenters. The van der Waals surface area contributed by atoms with E-state index in [0.717, 1.165) is 12.0 Å². The molecule has 124 valence electrons. The molecule has 3 rings (SSSR count). The van der Waals surface area contributed by atoms with E-state index in [2.05, 4.69) is 0 Å². The first kappa shape index (κ1) is 15.8. The van der Waals surface area contributed by atoms with Crippen molar-refractivity contribution in [1.82, 2.24) is 4.90 Å². The van der Waals surface area contributed by atoms with Crippen LogP contribution in [-0.2, 0) is 19.7 Å². The number of fused-ring (bicyclic) bond motifs is 1. The van der Waals surface area contributed by atoms with E-state index in [-0.39, 0.29) is 17.3 Å². The highest BCUT2D eigenvalue weighted by molar-refractivity contribution is 5.86. The second-order valence-electron chi connectivity index (χ2n) is 7.37. The Morgan fingerprint density at radius 1 is 1.22 bits per heavy atom. The number of hydrogen-bond acceptors (Lipinski definition) is 4. The summed E-state index contributed by atoms with van der Waals surface area (Å²) in [7, 11) is 1.37. The minimum Gasteiger partial charge on any atom is -0.467 e. The SMILES string of the molecule is COC(=O)C1N(C(=O)OC(C)(C)C)CC2CC21c1ccccc1. The molecule has 1 aliphatic heterocycles. The topological polar surface area (TPSA) is 55.8 Å². The van der Waals surface area contributed by atoms with Gasteiger partial charge in [0.2, 0.25) is 0 Å². The minimum atomic E-state index is -0.616. The van der Waals surface area contributed by atoms with Crippen molar-refractivity contribution in [1.29, 1.82) is 0 Å². The fourth-order valence-electron chi connectivity index (χ4n) is 3.74. The lowest BCUT2D eigenvalue weighted by Gasteiger charge is -2.32. The van der Waals surface area contributed by atoms with Gasteiger partial charge in [-0.3, -0.25) is 4.90 Å². The normalized spacial score (nSPS) is 29.0. The fraction of sp³-hybridized carbons (Fsp3) is 0.556. The zero-order valence-corrected chi connectivity index (χ0v) is 14.0. The summed E-state index contributed by atoms with van der Waals surface area (Å²) in [6.45, 7) is 6.00. The van der Waals surface area contributed by atoms with Crippen LogP contribution in [0.25, 0.3) is 0 Å². The zero-order chi connectivity index (χ0) is 16.8. The van der Waals surface area contributed by atoms with Crippen molar-refractivity contribution < 1.29 is 19.1 Å². The van der Waals surface area contributed by atoms with Crippen LogP contribution in [0, 0.1) is 5.92 Å². The van der Waals surface area contributed by atoms with Crippen LogP contribution in [0.15, 0.2) is 30.3 Å². The number of carbonyl (C=O) groups is 2. The first-order valence-electron chi connectivity index (χ1n) is 7.92. The summed E-state index contributed by atoms with van der Waals surface area (Å²) in [4.78, 5) is 26.5. The Kier molecular flexibility index (Phi) is 3.62. The third kappa shape index (κ3) is 2.58. The molecule has 0 aromatic heterocycles. The second-order valence-corrected chi connectivity index (χ2v) is 7.37. The molecule has 0 radical (unpaired) electrons. The number of esters is 1. The highest BCUT2D eigenvalue weighted by atomic mass is 16.6. The van der Waals surface area contributed by atoms with Crippen LogP contribution >= 0.6 is 0 Å². The van der Waals surface area contributed by atoms with Gasteiger partial charge in [0.15, 0.2) is 0 Å². The molecule has 1 aliphatic carbocycles. The average molecular weight is 317 g/mol. The van der Waals surface area contributed by atoms with Crippen LogP contribution in [0.1, 0.15) is 32.8 Å². The third-order valence-corrected chi connectivity index (χ3v) is 4.73. The largest absolute Gasteiger partial charge is 0.467 e. The molecular formula is C18H23NO4. The zero-order valence-electron chi connectivity index (χ0n) is 14.0. The molecule has 1 saturated carbocycles. The van der Waals surface area contributed by atoms with Gasteiger partial charge in [-0.05, 0) is 38.7 Å². The average Bonchev–Trinajstić information content (AvgIpc) is 3.12. The van der Waals surface area contributed by atoms with Gasteiger partial charge in [0.1, 0.15) is 11.6 Å². The maximum absolute atomic E-state index is 12.5. The van der Waals surface area contributed by atoms with E-state index < -0.39 is 17.7 Å². The fourth-order valence-corrected chi connectivity index (χ4v) is 3.74. The van der Waals surface area contributed by atoms with Crippen LogP contribution in [-0.4, -0.2) is 42.3 Å². The van der Waals surface area contributed by atoms with Crippen LogP contribution < -0.4 is 0 Å². The van der Waals surface area contributed by atoms with Crippen molar-refractivity contribution in [2.45, 2.75) is 44.2 Å². The van der Waals surface area contributed by atoms with Gasteiger partial charge in [-0.1, -0.05) is 30.3 Å². The minimum absolute atomic E-state index is 0.279. The lowest BCUT2D eigenvalue weighted by molar-refractivity contribution is -0.147. The molecule has 1 amide bonds. The van der Waals surface area contributed by atoms with E-state index in [0.29, 0.717) is 6.54 Å². The van der Waals surface area contributed by atoms with Gasteiger partial charge in [0, 0.05) is 12.0 Å². The van der Waals surface area contributed by atoms with Crippen molar-refractivity contribution in [2.75, 3.05) is 13.7 Å². The molecule has 1 saturated heterocycles. The molecule has 1 heterocycles. The number of amides is 1. The van der Waals surface area contributed by atoms with Gasteiger partial charge in [0.05, 0.1) is 7.11 Å². The smallest absolute Gasteiger partial charge is 0.411 e. The Morgan fingerprint density at radius 2 is 1.87 bits per heavy atom. The number of ether oxygens (including phenoxy) is 2. The van der Waals surface area contributed by atoms with E-state index in [9.17, 15) is 9.59 Å². The van der Waals surface area contributed by atoms with Gasteiger partial charge in [-0.15, -0.1) is 0 Å². The number of hydrogen-bond donors (Lipinski definition) is 0. The number of carbonyl (C=O) groups excluding carboxylic acids is 2. The van der Waals surface area contributed by atoms with Crippen molar-refractivity contribution in [3.8, 4) is 0 Å². The molecule has 0 bridgehead atoms. The number of nitrogens with zero attached hydrogens (tertiary/aromatic N) is 1. The summed E-state index contributed by atoms with van der Waals surface area (Å²) in [6, 6.07) is 9.30. The monoisotopic (exact) mass is 317 g/mol. The lowest BCUT2D eigenvalue weighted by atomic mass is 9.87. The lowest BCUT2D eigenvalue weighted by Crippen LogP contribution is -2.49. The number of likely N-dealkylation sites (tertiary alicyclic amines) is 1. The molecule has 0 spiro atoms. The summed E-state index contributed by atoms with van der Waals surface area (Å²) in [5.41, 5.74) is 0.168. The van der Waals surface area contributed by atoms with E-state index in [1.54, 1.807) is 0 Å². The van der Waals surface area contributed by atoms with Crippen LogP contribution in [0.3, 0.4) is 0 Å². The number of benzene rings is 1. The summed E-state index contributed by atoms with van der Waals surface area (Å²) in [5, 5.41) is 0. The quantitative estimate of drug-likeness (QED) is 0.787. The van der Waals surface area contributed by atoms with E-state index in [1.165, 1.54) is 12.0 Å². The van der Waals surface area contributed by atoms with Crippen LogP contribution in [0.4, 0.5) is 4.79 Å². The Bertz CT molecular complexity index is 622. The maximum atomic E-state index is 12.5. The van der Waals surface area contributed by atoms with E-state index in [1.807, 2.05) is 51.1 Å². The van der Waals surface area contributed by atoms with Gasteiger partial charge in [-0.2, -0.15) is 0 Å². The van der Waals surface area contributed by atoms with Gasteiger partial charge in [-0.25, -0.2) is 9.59 Å². The molecule has 3 unspecified atom stereocenters. The number of rotatable bonds is 2. The molecule has 5 heteroatoms. The summed E-state index contributed by atoms with van der Waals surface area (Å²) in [5.74, 6) is -0.0961. The molecule has 1 aromatic rings. The first-order valence-corrected chi connectivity index (χ1v) is 7.92. The molecular weight excluding hydrogens is 294 g/mol. The summed E-state index contributed by atoms with van der Waals surface area (Å²) >= 11 is 0. The number of piperidine rings is 1. The van der Waals surface area contributed by atoms with Gasteiger partial charge in [0.25, 0.3) is 0 Å². The Morgan fingerprint density at radius 3 is 2.43 bits per heavy atom. The standard InChI is InChI=1S/C18H23NO4/c1-17(2,3)23-16(21)19-11-13-10-18(13,14(19)15(20)22-4)12-8-6-5-7-9-12/h5-9,13-14H,10-11H2,1-4H3. The van der Waals surface area contributed by atoms with E-state index in [4.69, 9.17) is 9.47 Å². The molecule has 5 nitrogen and oxygen atoms in total. The summed E-state index contributed by atoms with van der Waals surface area (Å²) in [6.07, 6.45) is 0.450. The predicted octanol–water partition coefficient (Wildman–Crippen LogP) is 2.74. The maximum Gasteiger partial charge on any atom is 0.411 e. The van der Waals surface area contributed by atoms with Crippen molar-refractivity contribution in [3.05, 3.63) is 35.9 Å². The van der Waals surface area contributed by atoms with Crippen molar-refractivity contribution >= 4 is 12.1 Å². The Balaban J connectivity index is 1.93. The first-order chi connectivity index (χ1) is 10.8. The van der Waals surface area contributed by atoms with Gasteiger partial charge < -0.3 is 9.47 Å². The predicted molar refractivity (Wildman–Crippen MR) is 85.0 cm³/mol. The van der Waals surface area contributed by atoms with Crippen molar-refractivity contribution in [3.63, 3.8) is 0 Å². The molecule has 0 N–H and O–H groups in total. The second kappa shape index (κ2) is 5.25. The highest BCUT2D eigenvalue weighted by Crippen LogP contribution is 2.62. The third-order valence-electron chi connectivity index (χ3n) is 4.73. The van der Waals surface area contributed by atoms with E-state index >= 15 is 0 Å². The van der Waals surface area contributed by atoms with Crippen LogP contribution in [0.5, 0.6) is 0 Å².